The van der Waals surface area contributed by atoms with Crippen LogP contribution in [0.25, 0.3) is 0 Å². The second-order valence-corrected chi connectivity index (χ2v) is 3.52. The molecular formula is C10H10N4O3. The Bertz CT molecular complexity index is 495. The van der Waals surface area contributed by atoms with Crippen LogP contribution in [0.5, 0.6) is 0 Å². The van der Waals surface area contributed by atoms with E-state index in [0.29, 0.717) is 5.96 Å². The molecule has 1 N–H and O–H groups in total. The predicted molar refractivity (Wildman–Crippen MR) is 61.9 cm³/mol. The normalized spacial score (nSPS) is 14.2. The van der Waals surface area contributed by atoms with Crippen LogP contribution in [0.1, 0.15) is 0 Å². The van der Waals surface area contributed by atoms with Crippen molar-refractivity contribution in [2.24, 2.45) is 4.99 Å². The van der Waals surface area contributed by atoms with Crippen molar-refractivity contribution in [3.8, 4) is 0 Å². The van der Waals surface area contributed by atoms with Gasteiger partial charge in [0.15, 0.2) is 0 Å². The molecule has 0 aromatic heterocycles. The van der Waals surface area contributed by atoms with E-state index in [9.17, 15) is 14.9 Å². The van der Waals surface area contributed by atoms with Gasteiger partial charge in [0.1, 0.15) is 6.54 Å². The Morgan fingerprint density at radius 3 is 2.53 bits per heavy atom. The summed E-state index contributed by atoms with van der Waals surface area (Å²) < 4.78 is 0. The second-order valence-electron chi connectivity index (χ2n) is 3.52. The number of carbonyl (C=O) groups is 1. The molecule has 1 heterocycles. The molecular weight excluding hydrogens is 224 g/mol. The van der Waals surface area contributed by atoms with Gasteiger partial charge in [-0.25, -0.2) is 4.99 Å². The molecule has 0 saturated carbocycles. The van der Waals surface area contributed by atoms with Crippen LogP contribution in [0, 0.1) is 10.1 Å². The minimum Gasteiger partial charge on any atom is -0.315 e. The zero-order chi connectivity index (χ0) is 12.4. The molecule has 0 saturated heterocycles. The van der Waals surface area contributed by atoms with Crippen LogP contribution in [0.4, 0.5) is 11.4 Å². The zero-order valence-electron chi connectivity index (χ0n) is 9.08. The van der Waals surface area contributed by atoms with Crippen molar-refractivity contribution in [1.82, 2.24) is 5.32 Å². The Kier molecular flexibility index (Phi) is 2.73. The monoisotopic (exact) mass is 234 g/mol. The summed E-state index contributed by atoms with van der Waals surface area (Å²) in [7, 11) is 1.73. The molecule has 1 amide bonds. The quantitative estimate of drug-likeness (QED) is 0.596. The van der Waals surface area contributed by atoms with Gasteiger partial charge >= 0.3 is 0 Å². The lowest BCUT2D eigenvalue weighted by molar-refractivity contribution is -0.384. The van der Waals surface area contributed by atoms with E-state index in [4.69, 9.17) is 0 Å². The second kappa shape index (κ2) is 4.20. The number of nitrogens with zero attached hydrogens (tertiary/aromatic N) is 3. The molecule has 0 unspecified atom stereocenters. The van der Waals surface area contributed by atoms with Gasteiger partial charge in [0.05, 0.1) is 4.92 Å². The summed E-state index contributed by atoms with van der Waals surface area (Å²) in [5.41, 5.74) is 0.746. The fraction of sp³-hybridized carbons (Fsp3) is 0.200. The van der Waals surface area contributed by atoms with E-state index in [-0.39, 0.29) is 18.1 Å². The van der Waals surface area contributed by atoms with Crippen molar-refractivity contribution in [1.29, 1.82) is 0 Å². The number of hydrogen-bond acceptors (Lipinski definition) is 5. The third-order valence-corrected chi connectivity index (χ3v) is 2.39. The number of hydrogen-bond donors (Lipinski definition) is 1. The van der Waals surface area contributed by atoms with E-state index in [2.05, 4.69) is 10.3 Å². The molecule has 88 valence electrons. The number of carbonyl (C=O) groups excluding carboxylic acids is 1. The summed E-state index contributed by atoms with van der Waals surface area (Å²) in [5, 5.41) is 13.1. The maximum Gasteiger partial charge on any atom is 0.269 e. The first-order valence-electron chi connectivity index (χ1n) is 4.90. The van der Waals surface area contributed by atoms with Crippen LogP contribution in [-0.2, 0) is 4.79 Å². The van der Waals surface area contributed by atoms with Crippen LogP contribution in [0.15, 0.2) is 29.3 Å². The van der Waals surface area contributed by atoms with Crippen LogP contribution < -0.4 is 10.2 Å². The smallest absolute Gasteiger partial charge is 0.269 e. The van der Waals surface area contributed by atoms with Gasteiger partial charge in [-0.05, 0) is 12.1 Å². The van der Waals surface area contributed by atoms with Gasteiger partial charge in [0.25, 0.3) is 5.69 Å². The maximum absolute atomic E-state index is 11.0. The van der Waals surface area contributed by atoms with Crippen LogP contribution in [0.3, 0.4) is 0 Å². The van der Waals surface area contributed by atoms with Gasteiger partial charge in [-0.1, -0.05) is 0 Å². The largest absolute Gasteiger partial charge is 0.315 e. The minimum absolute atomic E-state index is 0.0274. The van der Waals surface area contributed by atoms with Crippen molar-refractivity contribution in [3.05, 3.63) is 34.4 Å². The summed E-state index contributed by atoms with van der Waals surface area (Å²) in [5.74, 6) is 0.289. The molecule has 0 bridgehead atoms. The lowest BCUT2D eigenvalue weighted by atomic mass is 10.2. The Morgan fingerprint density at radius 1 is 1.41 bits per heavy atom. The fourth-order valence-electron chi connectivity index (χ4n) is 1.46. The summed E-state index contributed by atoms with van der Waals surface area (Å²) in [4.78, 5) is 26.7. The first-order valence-corrected chi connectivity index (χ1v) is 4.90. The number of benzene rings is 1. The highest BCUT2D eigenvalue weighted by atomic mass is 16.6. The molecule has 7 heteroatoms. The van der Waals surface area contributed by atoms with Gasteiger partial charge in [0.2, 0.25) is 11.9 Å². The summed E-state index contributed by atoms with van der Waals surface area (Å²) in [6.45, 7) is 0.118. The highest BCUT2D eigenvalue weighted by Crippen LogP contribution is 2.18. The van der Waals surface area contributed by atoms with Gasteiger partial charge < -0.3 is 4.90 Å². The number of nitro groups is 1. The average Bonchev–Trinajstić information content (AvgIpc) is 2.75. The van der Waals surface area contributed by atoms with Crippen molar-refractivity contribution in [2.75, 3.05) is 18.5 Å². The first kappa shape index (κ1) is 11.1. The van der Waals surface area contributed by atoms with E-state index in [1.54, 1.807) is 24.1 Å². The predicted octanol–water partition coefficient (Wildman–Crippen LogP) is 0.517. The van der Waals surface area contributed by atoms with Crippen LogP contribution in [-0.4, -0.2) is 30.4 Å². The highest BCUT2D eigenvalue weighted by molar-refractivity contribution is 6.09. The molecule has 1 aliphatic heterocycles. The number of amides is 1. The minimum atomic E-state index is -0.460. The first-order chi connectivity index (χ1) is 8.08. The number of nitrogens with one attached hydrogen (secondary N) is 1. The maximum atomic E-state index is 11.0. The lowest BCUT2D eigenvalue weighted by Crippen LogP contribution is -2.37. The van der Waals surface area contributed by atoms with Gasteiger partial charge in [0, 0.05) is 24.9 Å². The third-order valence-electron chi connectivity index (χ3n) is 2.39. The highest BCUT2D eigenvalue weighted by Gasteiger charge is 2.18. The molecule has 1 aromatic rings. The molecule has 0 aliphatic carbocycles. The van der Waals surface area contributed by atoms with Crippen molar-refractivity contribution in [2.45, 2.75) is 0 Å². The van der Waals surface area contributed by atoms with Crippen LogP contribution >= 0.6 is 0 Å². The van der Waals surface area contributed by atoms with E-state index in [0.717, 1.165) is 5.69 Å². The van der Waals surface area contributed by atoms with Gasteiger partial charge in [-0.2, -0.15) is 0 Å². The third kappa shape index (κ3) is 2.22. The molecule has 0 atom stereocenters. The topological polar surface area (TPSA) is 87.8 Å². The number of nitro benzene ring substituents is 1. The van der Waals surface area contributed by atoms with Crippen molar-refractivity contribution >= 4 is 23.2 Å². The lowest BCUT2D eigenvalue weighted by Gasteiger charge is -2.18. The van der Waals surface area contributed by atoms with Crippen molar-refractivity contribution < 1.29 is 9.72 Å². The molecule has 17 heavy (non-hydrogen) atoms. The fourth-order valence-corrected chi connectivity index (χ4v) is 1.46. The summed E-state index contributed by atoms with van der Waals surface area (Å²) >= 11 is 0. The Hall–Kier alpha value is -2.44. The number of guanidine groups is 1. The molecule has 0 spiro atoms. The van der Waals surface area contributed by atoms with Gasteiger partial charge in [-0.3, -0.25) is 20.2 Å². The molecule has 0 radical (unpaired) electrons. The van der Waals surface area contributed by atoms with Crippen molar-refractivity contribution in [3.63, 3.8) is 0 Å². The van der Waals surface area contributed by atoms with E-state index >= 15 is 0 Å². The van der Waals surface area contributed by atoms with E-state index in [1.165, 1.54) is 12.1 Å². The Morgan fingerprint density at radius 2 is 2.06 bits per heavy atom. The number of non-ortho nitro benzene ring substituents is 1. The van der Waals surface area contributed by atoms with E-state index < -0.39 is 4.92 Å². The molecule has 2 rings (SSSR count). The molecule has 7 nitrogen and oxygen atoms in total. The summed E-state index contributed by atoms with van der Waals surface area (Å²) in [6, 6.07) is 6.02. The Balaban J connectivity index is 2.17. The molecule has 1 aromatic carbocycles. The van der Waals surface area contributed by atoms with Gasteiger partial charge in [-0.15, -0.1) is 0 Å². The molecule has 0 fully saturated rings. The van der Waals surface area contributed by atoms with E-state index in [1.807, 2.05) is 0 Å². The number of rotatable bonds is 2. The number of aliphatic imine (C=N–C) groups is 1. The van der Waals surface area contributed by atoms with Crippen LogP contribution in [0.2, 0.25) is 0 Å². The zero-order valence-corrected chi connectivity index (χ0v) is 9.08. The number of anilines is 1. The Labute approximate surface area is 96.9 Å². The SMILES string of the molecule is CN(C1=NCC(=O)N1)c1ccc([N+](=O)[O-])cc1. The average molecular weight is 234 g/mol. The summed E-state index contributed by atoms with van der Waals surface area (Å²) in [6.07, 6.45) is 0. The standard InChI is InChI=1S/C10H10N4O3/c1-13(10-11-6-9(15)12-10)7-2-4-8(5-3-7)14(16)17/h2-5H,6H2,1H3,(H,11,12,15). The molecule has 1 aliphatic rings.